The molecule has 0 radical (unpaired) electrons. The van der Waals surface area contributed by atoms with Crippen LogP contribution in [0, 0.1) is 6.92 Å². The van der Waals surface area contributed by atoms with Crippen LogP contribution in [0.3, 0.4) is 0 Å². The molecule has 0 spiro atoms. The van der Waals surface area contributed by atoms with Gasteiger partial charge in [0.1, 0.15) is 5.82 Å². The molecule has 0 bridgehead atoms. The molecule has 0 atom stereocenters. The van der Waals surface area contributed by atoms with Crippen molar-refractivity contribution in [3.63, 3.8) is 0 Å². The maximum Gasteiger partial charge on any atom is 0.153 e. The number of nitrogens with zero attached hydrogens (tertiary/aromatic N) is 5. The maximum atomic E-state index is 5.13. The van der Waals surface area contributed by atoms with E-state index in [1.807, 2.05) is 15.4 Å². The van der Waals surface area contributed by atoms with Crippen molar-refractivity contribution in [3.05, 3.63) is 65.8 Å². The highest BCUT2D eigenvalue weighted by Crippen LogP contribution is 2.09. The number of aryl methyl sites for hydroxylation is 1. The zero-order chi connectivity index (χ0) is 16.1. The highest BCUT2D eigenvalue weighted by Gasteiger charge is 2.11. The smallest absolute Gasteiger partial charge is 0.153 e. The predicted molar refractivity (Wildman–Crippen MR) is 87.2 cm³/mol. The Morgan fingerprint density at radius 3 is 2.87 bits per heavy atom. The number of methoxy groups -OCH3 is 1. The first kappa shape index (κ1) is 15.4. The van der Waals surface area contributed by atoms with E-state index < -0.39 is 0 Å². The van der Waals surface area contributed by atoms with Crippen LogP contribution in [0.4, 0.5) is 0 Å². The van der Waals surface area contributed by atoms with Gasteiger partial charge in [0.2, 0.25) is 0 Å². The molecule has 0 unspecified atom stereocenters. The molecule has 0 aliphatic carbocycles. The van der Waals surface area contributed by atoms with Crippen molar-refractivity contribution in [2.45, 2.75) is 26.4 Å². The first-order valence-corrected chi connectivity index (χ1v) is 7.67. The summed E-state index contributed by atoms with van der Waals surface area (Å²) >= 11 is 0. The van der Waals surface area contributed by atoms with Crippen LogP contribution in [-0.2, 0) is 24.2 Å². The van der Waals surface area contributed by atoms with Gasteiger partial charge in [-0.25, -0.2) is 14.6 Å². The van der Waals surface area contributed by atoms with Crippen LogP contribution in [0.1, 0.15) is 22.8 Å². The molecule has 0 amide bonds. The van der Waals surface area contributed by atoms with E-state index in [2.05, 4.69) is 46.3 Å². The molecule has 6 heteroatoms. The molecule has 0 N–H and O–H groups in total. The van der Waals surface area contributed by atoms with Gasteiger partial charge in [-0.3, -0.25) is 0 Å². The number of aromatic nitrogens is 5. The number of hydrogen-bond donors (Lipinski definition) is 0. The van der Waals surface area contributed by atoms with Gasteiger partial charge in [-0.1, -0.05) is 29.8 Å². The lowest BCUT2D eigenvalue weighted by atomic mass is 10.1. The Morgan fingerprint density at radius 2 is 2.13 bits per heavy atom. The summed E-state index contributed by atoms with van der Waals surface area (Å²) in [4.78, 5) is 8.75. The van der Waals surface area contributed by atoms with Crippen LogP contribution >= 0.6 is 0 Å². The summed E-state index contributed by atoms with van der Waals surface area (Å²) in [5.74, 6) is 1.74. The second-order valence-corrected chi connectivity index (χ2v) is 5.57. The Balaban J connectivity index is 1.84. The van der Waals surface area contributed by atoms with Gasteiger partial charge in [0.25, 0.3) is 0 Å². The van der Waals surface area contributed by atoms with E-state index in [0.717, 1.165) is 11.6 Å². The van der Waals surface area contributed by atoms with E-state index in [4.69, 9.17) is 4.74 Å². The van der Waals surface area contributed by atoms with Crippen LogP contribution in [0.15, 0.2) is 43.0 Å². The highest BCUT2D eigenvalue weighted by atomic mass is 16.5. The quantitative estimate of drug-likeness (QED) is 0.670. The third-order valence-corrected chi connectivity index (χ3v) is 3.62. The molecule has 3 aromatic rings. The minimum absolute atomic E-state index is 0.624. The summed E-state index contributed by atoms with van der Waals surface area (Å²) < 4.78 is 9.10. The van der Waals surface area contributed by atoms with E-state index in [0.29, 0.717) is 26.1 Å². The molecule has 0 saturated heterocycles. The molecular weight excluding hydrogens is 290 g/mol. The van der Waals surface area contributed by atoms with Gasteiger partial charge in [-0.05, 0) is 12.5 Å². The third kappa shape index (κ3) is 4.04. The first-order chi connectivity index (χ1) is 11.2. The minimum Gasteiger partial charge on any atom is -0.384 e. The molecule has 0 aliphatic heterocycles. The SMILES string of the molecule is COCCc1nc(Cn2ccnc2)n(Cc2cccc(C)c2)n1. The molecule has 2 aromatic heterocycles. The average Bonchev–Trinajstić information content (AvgIpc) is 3.16. The second-order valence-electron chi connectivity index (χ2n) is 5.57. The van der Waals surface area contributed by atoms with Gasteiger partial charge in [0.05, 0.1) is 26.0 Å². The average molecular weight is 311 g/mol. The molecule has 0 fully saturated rings. The monoisotopic (exact) mass is 311 g/mol. The van der Waals surface area contributed by atoms with E-state index in [9.17, 15) is 0 Å². The lowest BCUT2D eigenvalue weighted by Gasteiger charge is -2.07. The maximum absolute atomic E-state index is 5.13. The number of hydrogen-bond acceptors (Lipinski definition) is 4. The van der Waals surface area contributed by atoms with E-state index in [1.165, 1.54) is 11.1 Å². The van der Waals surface area contributed by atoms with E-state index in [-0.39, 0.29) is 0 Å². The van der Waals surface area contributed by atoms with Gasteiger partial charge in [0, 0.05) is 25.9 Å². The Hall–Kier alpha value is -2.47. The summed E-state index contributed by atoms with van der Waals surface area (Å²) in [5, 5.41) is 4.65. The number of imidazole rings is 1. The largest absolute Gasteiger partial charge is 0.384 e. The summed E-state index contributed by atoms with van der Waals surface area (Å²) in [6, 6.07) is 8.46. The fourth-order valence-electron chi connectivity index (χ4n) is 2.50. The summed E-state index contributed by atoms with van der Waals surface area (Å²) in [7, 11) is 1.69. The Kier molecular flexibility index (Phi) is 4.83. The van der Waals surface area contributed by atoms with Crippen molar-refractivity contribution in [3.8, 4) is 0 Å². The van der Waals surface area contributed by atoms with Gasteiger partial charge in [-0.15, -0.1) is 0 Å². The molecule has 6 nitrogen and oxygen atoms in total. The predicted octanol–water partition coefficient (Wildman–Crippen LogP) is 2.07. The van der Waals surface area contributed by atoms with Crippen molar-refractivity contribution in [2.24, 2.45) is 0 Å². The zero-order valence-electron chi connectivity index (χ0n) is 13.5. The molecule has 0 aliphatic rings. The number of rotatable bonds is 7. The Morgan fingerprint density at radius 1 is 1.22 bits per heavy atom. The fourth-order valence-corrected chi connectivity index (χ4v) is 2.50. The normalized spacial score (nSPS) is 11.0. The van der Waals surface area contributed by atoms with Gasteiger partial charge >= 0.3 is 0 Å². The van der Waals surface area contributed by atoms with Gasteiger partial charge in [-0.2, -0.15) is 5.10 Å². The van der Waals surface area contributed by atoms with Crippen molar-refractivity contribution < 1.29 is 4.74 Å². The summed E-state index contributed by atoms with van der Waals surface area (Å²) in [6.45, 7) is 4.09. The lowest BCUT2D eigenvalue weighted by molar-refractivity contribution is 0.200. The van der Waals surface area contributed by atoms with Crippen LogP contribution in [-0.4, -0.2) is 38.0 Å². The van der Waals surface area contributed by atoms with E-state index >= 15 is 0 Å². The van der Waals surface area contributed by atoms with Crippen LogP contribution in [0.2, 0.25) is 0 Å². The second kappa shape index (κ2) is 7.19. The molecular formula is C17H21N5O. The Labute approximate surface area is 135 Å². The van der Waals surface area contributed by atoms with Crippen molar-refractivity contribution in [1.29, 1.82) is 0 Å². The van der Waals surface area contributed by atoms with Crippen LogP contribution in [0.5, 0.6) is 0 Å². The fraction of sp³-hybridized carbons (Fsp3) is 0.353. The van der Waals surface area contributed by atoms with Crippen molar-refractivity contribution in [1.82, 2.24) is 24.3 Å². The van der Waals surface area contributed by atoms with Crippen molar-refractivity contribution in [2.75, 3.05) is 13.7 Å². The van der Waals surface area contributed by atoms with Gasteiger partial charge < -0.3 is 9.30 Å². The van der Waals surface area contributed by atoms with Crippen molar-refractivity contribution >= 4 is 0 Å². The summed E-state index contributed by atoms with van der Waals surface area (Å²) in [5.41, 5.74) is 2.47. The molecule has 120 valence electrons. The van der Waals surface area contributed by atoms with E-state index in [1.54, 1.807) is 19.6 Å². The van der Waals surface area contributed by atoms with Crippen LogP contribution < -0.4 is 0 Å². The van der Waals surface area contributed by atoms with Crippen LogP contribution in [0.25, 0.3) is 0 Å². The number of ether oxygens (including phenoxy) is 1. The standard InChI is InChI=1S/C17H21N5O/c1-14-4-3-5-15(10-14)11-22-17(12-21-8-7-18-13-21)19-16(20-22)6-9-23-2/h3-5,7-8,10,13H,6,9,11-12H2,1-2H3. The third-order valence-electron chi connectivity index (χ3n) is 3.62. The lowest BCUT2D eigenvalue weighted by Crippen LogP contribution is -2.10. The highest BCUT2D eigenvalue weighted by molar-refractivity contribution is 5.22. The Bertz CT molecular complexity index is 748. The zero-order valence-corrected chi connectivity index (χ0v) is 13.5. The van der Waals surface area contributed by atoms with Gasteiger partial charge in [0.15, 0.2) is 5.82 Å². The first-order valence-electron chi connectivity index (χ1n) is 7.67. The molecule has 0 saturated carbocycles. The summed E-state index contributed by atoms with van der Waals surface area (Å²) in [6.07, 6.45) is 6.21. The topological polar surface area (TPSA) is 57.8 Å². The number of benzene rings is 1. The molecule has 2 heterocycles. The molecule has 23 heavy (non-hydrogen) atoms. The molecule has 3 rings (SSSR count). The molecule has 1 aromatic carbocycles. The minimum atomic E-state index is 0.624.